The molecule has 0 saturated carbocycles. The Hall–Kier alpha value is -1.37. The highest BCUT2D eigenvalue weighted by molar-refractivity contribution is 6.81. The van der Waals surface area contributed by atoms with Gasteiger partial charge in [-0.1, -0.05) is 30.3 Å². The molecule has 0 spiro atoms. The Morgan fingerprint density at radius 1 is 1.31 bits per heavy atom. The minimum Gasteiger partial charge on any atom is -0.393 e. The molecule has 6 heteroatoms. The lowest BCUT2D eigenvalue weighted by molar-refractivity contribution is 0.240. The van der Waals surface area contributed by atoms with E-state index in [9.17, 15) is 4.79 Å². The van der Waals surface area contributed by atoms with E-state index in [2.05, 4.69) is 5.32 Å². The van der Waals surface area contributed by atoms with E-state index in [-0.39, 0.29) is 0 Å². The summed E-state index contributed by atoms with van der Waals surface area (Å²) in [6, 6.07) is 8.97. The van der Waals surface area contributed by atoms with Crippen LogP contribution in [0.1, 0.15) is 0 Å². The highest BCUT2D eigenvalue weighted by Crippen LogP contribution is 2.04. The molecule has 2 amide bonds. The second-order valence-corrected chi connectivity index (χ2v) is 6.50. The van der Waals surface area contributed by atoms with Crippen LogP contribution in [0.4, 0.5) is 4.79 Å². The summed E-state index contributed by atoms with van der Waals surface area (Å²) >= 11 is 0. The molecule has 0 radical (unpaired) electrons. The molecule has 0 aliphatic heterocycles. The molecule has 5 nitrogen and oxygen atoms in total. The molecule has 16 heavy (non-hydrogen) atoms. The number of rotatable bonds is 5. The predicted octanol–water partition coefficient (Wildman–Crippen LogP) is -0.164. The fraction of sp³-hybridized carbons (Fsp3) is 0.300. The molecule has 0 heterocycles. The van der Waals surface area contributed by atoms with Crippen molar-refractivity contribution < 1.29 is 13.6 Å². The van der Waals surface area contributed by atoms with E-state index < -0.39 is 14.6 Å². The van der Waals surface area contributed by atoms with Crippen molar-refractivity contribution in [3.05, 3.63) is 30.3 Å². The van der Waals surface area contributed by atoms with E-state index in [1.54, 1.807) is 14.2 Å². The summed E-state index contributed by atoms with van der Waals surface area (Å²) in [6.45, 7) is 0. The second kappa shape index (κ2) is 5.64. The van der Waals surface area contributed by atoms with Crippen molar-refractivity contribution in [3.8, 4) is 0 Å². The highest BCUT2D eigenvalue weighted by Gasteiger charge is 2.38. The summed E-state index contributed by atoms with van der Waals surface area (Å²) in [5.74, 6) is 0. The molecule has 0 aromatic heterocycles. The van der Waals surface area contributed by atoms with E-state index in [0.717, 1.165) is 5.19 Å². The Morgan fingerprint density at radius 3 is 2.31 bits per heavy atom. The fourth-order valence-electron chi connectivity index (χ4n) is 1.46. The van der Waals surface area contributed by atoms with Gasteiger partial charge in [-0.2, -0.15) is 0 Å². The highest BCUT2D eigenvalue weighted by atomic mass is 28.4. The molecule has 0 atom stereocenters. The number of hydrogen-bond donors (Lipinski definition) is 2. The van der Waals surface area contributed by atoms with Gasteiger partial charge in [0.15, 0.2) is 0 Å². The lowest BCUT2D eigenvalue weighted by Gasteiger charge is -2.27. The average Bonchev–Trinajstić information content (AvgIpc) is 2.32. The van der Waals surface area contributed by atoms with Crippen LogP contribution < -0.4 is 16.2 Å². The number of nitrogens with two attached hydrogens (primary N) is 1. The van der Waals surface area contributed by atoms with E-state index >= 15 is 0 Å². The van der Waals surface area contributed by atoms with Gasteiger partial charge in [0, 0.05) is 14.2 Å². The summed E-state index contributed by atoms with van der Waals surface area (Å²) in [7, 11) is 0.555. The number of amides is 2. The molecular weight excluding hydrogens is 224 g/mol. The molecule has 1 rings (SSSR count). The van der Waals surface area contributed by atoms with E-state index in [1.165, 1.54) is 0 Å². The molecule has 88 valence electrons. The van der Waals surface area contributed by atoms with Gasteiger partial charge in [-0.15, -0.1) is 0 Å². The monoisotopic (exact) mass is 240 g/mol. The van der Waals surface area contributed by atoms with Gasteiger partial charge in [0.25, 0.3) is 0 Å². The van der Waals surface area contributed by atoms with Crippen LogP contribution in [0.5, 0.6) is 0 Å². The van der Waals surface area contributed by atoms with Crippen molar-refractivity contribution in [2.24, 2.45) is 5.73 Å². The van der Waals surface area contributed by atoms with E-state index in [1.807, 2.05) is 30.3 Å². The molecule has 0 aliphatic rings. The minimum atomic E-state index is -2.59. The van der Waals surface area contributed by atoms with Crippen molar-refractivity contribution in [1.82, 2.24) is 5.32 Å². The first kappa shape index (κ1) is 12.7. The lowest BCUT2D eigenvalue weighted by Crippen LogP contribution is -2.60. The Labute approximate surface area is 95.8 Å². The van der Waals surface area contributed by atoms with Gasteiger partial charge in [-0.3, -0.25) is 0 Å². The van der Waals surface area contributed by atoms with E-state index in [4.69, 9.17) is 14.6 Å². The summed E-state index contributed by atoms with van der Waals surface area (Å²) in [4.78, 5) is 10.7. The van der Waals surface area contributed by atoms with Crippen molar-refractivity contribution in [2.75, 3.05) is 20.4 Å². The van der Waals surface area contributed by atoms with Crippen LogP contribution in [-0.4, -0.2) is 35.0 Å². The van der Waals surface area contributed by atoms with Crippen molar-refractivity contribution in [1.29, 1.82) is 0 Å². The standard InChI is InChI=1S/C10H16N2O3Si/c1-14-16(15-2,8-12-10(11)13)9-6-4-3-5-7-9/h3-7H,8H2,1-2H3,(H3,11,12,13). The Morgan fingerprint density at radius 2 is 1.88 bits per heavy atom. The van der Waals surface area contributed by atoms with Crippen LogP contribution >= 0.6 is 0 Å². The van der Waals surface area contributed by atoms with Crippen LogP contribution in [-0.2, 0) is 8.85 Å². The van der Waals surface area contributed by atoms with Gasteiger partial charge in [-0.05, 0) is 5.19 Å². The van der Waals surface area contributed by atoms with Gasteiger partial charge in [0.2, 0.25) is 0 Å². The number of nitrogens with one attached hydrogen (secondary N) is 1. The summed E-state index contributed by atoms with van der Waals surface area (Å²) in [5, 5.41) is 3.49. The van der Waals surface area contributed by atoms with Crippen molar-refractivity contribution >= 4 is 19.8 Å². The molecule has 0 fully saturated rings. The van der Waals surface area contributed by atoms with Gasteiger partial charge < -0.3 is 19.9 Å². The fourth-order valence-corrected chi connectivity index (χ4v) is 3.70. The number of carbonyl (C=O) groups is 1. The number of primary amides is 1. The smallest absolute Gasteiger partial charge is 0.391 e. The molecule has 1 aromatic rings. The summed E-state index contributed by atoms with van der Waals surface area (Å²) < 4.78 is 10.9. The molecule has 0 saturated heterocycles. The topological polar surface area (TPSA) is 73.6 Å². The quantitative estimate of drug-likeness (QED) is 0.702. The zero-order valence-electron chi connectivity index (χ0n) is 9.40. The Kier molecular flexibility index (Phi) is 4.48. The molecule has 0 bridgehead atoms. The number of carbonyl (C=O) groups excluding carboxylic acids is 1. The maximum absolute atomic E-state index is 10.7. The van der Waals surface area contributed by atoms with Crippen molar-refractivity contribution in [3.63, 3.8) is 0 Å². The van der Waals surface area contributed by atoms with Crippen molar-refractivity contribution in [2.45, 2.75) is 0 Å². The molecular formula is C10H16N2O3Si. The predicted molar refractivity (Wildman–Crippen MR) is 63.4 cm³/mol. The van der Waals surface area contributed by atoms with Crippen LogP contribution in [0.15, 0.2) is 30.3 Å². The maximum atomic E-state index is 10.7. The van der Waals surface area contributed by atoms with Crippen LogP contribution in [0.25, 0.3) is 0 Å². The second-order valence-electron chi connectivity index (χ2n) is 3.24. The van der Waals surface area contributed by atoms with Gasteiger partial charge in [-0.25, -0.2) is 4.79 Å². The number of hydrogen-bond acceptors (Lipinski definition) is 3. The van der Waals surface area contributed by atoms with Crippen LogP contribution in [0.2, 0.25) is 0 Å². The molecule has 0 aliphatic carbocycles. The first-order valence-electron chi connectivity index (χ1n) is 4.84. The third-order valence-corrected chi connectivity index (χ3v) is 5.54. The van der Waals surface area contributed by atoms with Crippen LogP contribution in [0, 0.1) is 0 Å². The first-order chi connectivity index (χ1) is 7.64. The number of benzene rings is 1. The average molecular weight is 240 g/mol. The van der Waals surface area contributed by atoms with Gasteiger partial charge >= 0.3 is 14.6 Å². The summed E-state index contributed by atoms with van der Waals surface area (Å²) in [6.07, 6.45) is 0.291. The third kappa shape index (κ3) is 2.81. The minimum absolute atomic E-state index is 0.291. The zero-order chi connectivity index (χ0) is 12.0. The molecule has 1 aromatic carbocycles. The first-order valence-corrected chi connectivity index (χ1v) is 6.86. The zero-order valence-corrected chi connectivity index (χ0v) is 10.4. The normalized spacial score (nSPS) is 11.1. The van der Waals surface area contributed by atoms with Crippen LogP contribution in [0.3, 0.4) is 0 Å². The van der Waals surface area contributed by atoms with Gasteiger partial charge in [0.1, 0.15) is 0 Å². The largest absolute Gasteiger partial charge is 0.393 e. The number of urea groups is 1. The lowest BCUT2D eigenvalue weighted by atomic mass is 10.4. The maximum Gasteiger partial charge on any atom is 0.391 e. The Bertz CT molecular complexity index is 341. The van der Waals surface area contributed by atoms with Gasteiger partial charge in [0.05, 0.1) is 6.17 Å². The summed E-state index contributed by atoms with van der Waals surface area (Å²) in [5.41, 5.74) is 5.05. The SMILES string of the molecule is CO[Si](CNC(N)=O)(OC)c1ccccc1. The molecule has 0 unspecified atom stereocenters. The third-order valence-electron chi connectivity index (χ3n) is 2.37. The van der Waals surface area contributed by atoms with E-state index in [0.29, 0.717) is 6.17 Å². The Balaban J connectivity index is 2.92. The molecule has 3 N–H and O–H groups in total.